The highest BCUT2D eigenvalue weighted by Crippen LogP contribution is 2.39. The van der Waals surface area contributed by atoms with Crippen molar-refractivity contribution < 1.29 is 23.8 Å². The number of carbonyl (C=O) groups excluding carboxylic acids is 2. The lowest BCUT2D eigenvalue weighted by Crippen LogP contribution is -2.35. The van der Waals surface area contributed by atoms with Crippen LogP contribution in [0.2, 0.25) is 0 Å². The van der Waals surface area contributed by atoms with E-state index in [0.29, 0.717) is 35.1 Å². The van der Waals surface area contributed by atoms with Gasteiger partial charge in [0.2, 0.25) is 11.7 Å². The fraction of sp³-hybridized carbons (Fsp3) is 0.172. The van der Waals surface area contributed by atoms with Gasteiger partial charge in [0.15, 0.2) is 11.5 Å². The Bertz CT molecular complexity index is 1340. The SMILES string of the molecule is COc1cc(C(=O)N(C)CC(=O)Nc2cccc3ccccc23)cc(OC)c1OCc1ccccc1. The molecule has 4 rings (SSSR count). The molecular formula is C29H28N2O5. The maximum Gasteiger partial charge on any atom is 0.254 e. The maximum atomic E-state index is 13.2. The van der Waals surface area contributed by atoms with Gasteiger partial charge in [-0.05, 0) is 29.1 Å². The Morgan fingerprint density at radius 3 is 2.17 bits per heavy atom. The molecule has 0 radical (unpaired) electrons. The molecule has 0 saturated carbocycles. The van der Waals surface area contributed by atoms with Gasteiger partial charge < -0.3 is 24.4 Å². The first-order valence-electron chi connectivity index (χ1n) is 11.5. The highest BCUT2D eigenvalue weighted by Gasteiger charge is 2.21. The van der Waals surface area contributed by atoms with Crippen molar-refractivity contribution in [2.45, 2.75) is 6.61 Å². The standard InChI is InChI=1S/C29H28N2O5/c1-31(18-27(32)30-24-15-9-13-21-12-7-8-14-23(21)24)29(33)22-16-25(34-2)28(26(17-22)35-3)36-19-20-10-5-4-6-11-20/h4-17H,18-19H2,1-3H3,(H,30,32). The molecule has 0 bridgehead atoms. The van der Waals surface area contributed by atoms with Crippen LogP contribution < -0.4 is 19.5 Å². The Morgan fingerprint density at radius 2 is 1.47 bits per heavy atom. The summed E-state index contributed by atoms with van der Waals surface area (Å²) in [4.78, 5) is 27.3. The van der Waals surface area contributed by atoms with E-state index >= 15 is 0 Å². The first-order valence-corrected chi connectivity index (χ1v) is 11.5. The first-order chi connectivity index (χ1) is 17.5. The van der Waals surface area contributed by atoms with E-state index in [9.17, 15) is 9.59 Å². The summed E-state index contributed by atoms with van der Waals surface area (Å²) in [6.07, 6.45) is 0. The topological polar surface area (TPSA) is 77.1 Å². The van der Waals surface area contributed by atoms with Gasteiger partial charge in [-0.3, -0.25) is 9.59 Å². The number of ether oxygens (including phenoxy) is 3. The quantitative estimate of drug-likeness (QED) is 0.356. The number of fused-ring (bicyclic) bond motifs is 1. The van der Waals surface area contributed by atoms with E-state index in [2.05, 4.69) is 5.32 Å². The highest BCUT2D eigenvalue weighted by atomic mass is 16.5. The lowest BCUT2D eigenvalue weighted by atomic mass is 10.1. The van der Waals surface area contributed by atoms with Gasteiger partial charge in [-0.1, -0.05) is 66.7 Å². The Balaban J connectivity index is 1.48. The van der Waals surface area contributed by atoms with Crippen LogP contribution in [0.4, 0.5) is 5.69 Å². The van der Waals surface area contributed by atoms with Crippen LogP contribution in [0.3, 0.4) is 0 Å². The Labute approximate surface area is 210 Å². The molecule has 0 heterocycles. The second kappa shape index (κ2) is 11.3. The van der Waals surface area contributed by atoms with Crippen molar-refractivity contribution in [1.29, 1.82) is 0 Å². The number of nitrogens with one attached hydrogen (secondary N) is 1. The van der Waals surface area contributed by atoms with Gasteiger partial charge in [-0.15, -0.1) is 0 Å². The number of anilines is 1. The van der Waals surface area contributed by atoms with Crippen molar-refractivity contribution in [3.05, 3.63) is 96.1 Å². The number of likely N-dealkylation sites (N-methyl/N-ethyl adjacent to an activating group) is 1. The first kappa shape index (κ1) is 24.6. The minimum atomic E-state index is -0.353. The third-order valence-corrected chi connectivity index (χ3v) is 5.72. The van der Waals surface area contributed by atoms with Crippen molar-refractivity contribution in [2.75, 3.05) is 33.1 Å². The van der Waals surface area contributed by atoms with Gasteiger partial charge in [0.1, 0.15) is 6.61 Å². The molecule has 0 aromatic heterocycles. The second-order valence-corrected chi connectivity index (χ2v) is 8.22. The second-order valence-electron chi connectivity index (χ2n) is 8.22. The molecule has 2 amide bonds. The fourth-order valence-corrected chi connectivity index (χ4v) is 3.91. The Hall–Kier alpha value is -4.52. The number of carbonyl (C=O) groups is 2. The molecule has 0 aliphatic heterocycles. The number of rotatable bonds is 9. The molecule has 7 heteroatoms. The number of amides is 2. The lowest BCUT2D eigenvalue weighted by molar-refractivity contribution is -0.116. The Morgan fingerprint density at radius 1 is 0.833 bits per heavy atom. The van der Waals surface area contributed by atoms with Crippen LogP contribution in [-0.4, -0.2) is 44.5 Å². The van der Waals surface area contributed by atoms with Crippen LogP contribution in [0, 0.1) is 0 Å². The van der Waals surface area contributed by atoms with Crippen molar-refractivity contribution in [3.63, 3.8) is 0 Å². The van der Waals surface area contributed by atoms with Crippen molar-refractivity contribution in [3.8, 4) is 17.2 Å². The van der Waals surface area contributed by atoms with Gasteiger partial charge in [0.25, 0.3) is 5.91 Å². The zero-order chi connectivity index (χ0) is 25.5. The third-order valence-electron chi connectivity index (χ3n) is 5.72. The van der Waals surface area contributed by atoms with Crippen LogP contribution in [-0.2, 0) is 11.4 Å². The number of hydrogen-bond donors (Lipinski definition) is 1. The van der Waals surface area contributed by atoms with Crippen molar-refractivity contribution in [1.82, 2.24) is 4.90 Å². The minimum absolute atomic E-state index is 0.126. The summed E-state index contributed by atoms with van der Waals surface area (Å²) in [5.74, 6) is 0.472. The summed E-state index contributed by atoms with van der Waals surface area (Å²) >= 11 is 0. The van der Waals surface area contributed by atoms with Gasteiger partial charge in [-0.2, -0.15) is 0 Å². The molecule has 0 unspecified atom stereocenters. The van der Waals surface area contributed by atoms with Gasteiger partial charge in [0, 0.05) is 23.7 Å². The molecule has 0 aliphatic carbocycles. The molecule has 0 aliphatic rings. The zero-order valence-corrected chi connectivity index (χ0v) is 20.5. The molecule has 1 N–H and O–H groups in total. The molecular weight excluding hydrogens is 456 g/mol. The van der Waals surface area contributed by atoms with Crippen molar-refractivity contribution in [2.24, 2.45) is 0 Å². The summed E-state index contributed by atoms with van der Waals surface area (Å²) in [6, 6.07) is 26.4. The Kier molecular flexibility index (Phi) is 7.70. The van der Waals surface area contributed by atoms with Crippen LogP contribution in [0.15, 0.2) is 84.9 Å². The number of nitrogens with zero attached hydrogens (tertiary/aromatic N) is 1. The molecule has 0 fully saturated rings. The smallest absolute Gasteiger partial charge is 0.254 e. The summed E-state index contributed by atoms with van der Waals surface area (Å²) in [5, 5.41) is 4.86. The summed E-state index contributed by atoms with van der Waals surface area (Å²) in [6.45, 7) is 0.189. The maximum absolute atomic E-state index is 13.2. The summed E-state index contributed by atoms with van der Waals surface area (Å²) < 4.78 is 16.9. The molecule has 7 nitrogen and oxygen atoms in total. The molecule has 4 aromatic carbocycles. The van der Waals surface area contributed by atoms with Crippen LogP contribution in [0.1, 0.15) is 15.9 Å². The molecule has 184 valence electrons. The average molecular weight is 485 g/mol. The van der Waals surface area contributed by atoms with Crippen LogP contribution >= 0.6 is 0 Å². The third kappa shape index (κ3) is 5.58. The molecule has 0 atom stereocenters. The van der Waals surface area contributed by atoms with E-state index in [0.717, 1.165) is 16.3 Å². The van der Waals surface area contributed by atoms with E-state index in [1.165, 1.54) is 19.1 Å². The van der Waals surface area contributed by atoms with Gasteiger partial charge in [-0.25, -0.2) is 0 Å². The highest BCUT2D eigenvalue weighted by molar-refractivity contribution is 6.04. The predicted molar refractivity (Wildman–Crippen MR) is 140 cm³/mol. The molecule has 4 aromatic rings. The molecule has 0 spiro atoms. The van der Waals surface area contributed by atoms with E-state index in [-0.39, 0.29) is 18.4 Å². The largest absolute Gasteiger partial charge is 0.493 e. The minimum Gasteiger partial charge on any atom is -0.493 e. The average Bonchev–Trinajstić information content (AvgIpc) is 2.91. The van der Waals surface area contributed by atoms with Crippen molar-refractivity contribution >= 4 is 28.3 Å². The molecule has 36 heavy (non-hydrogen) atoms. The summed E-state index contributed by atoms with van der Waals surface area (Å²) in [7, 11) is 4.57. The summed E-state index contributed by atoms with van der Waals surface area (Å²) in [5.41, 5.74) is 2.00. The van der Waals surface area contributed by atoms with Gasteiger partial charge >= 0.3 is 0 Å². The van der Waals surface area contributed by atoms with E-state index < -0.39 is 0 Å². The van der Waals surface area contributed by atoms with Crippen LogP contribution in [0.5, 0.6) is 17.2 Å². The number of hydrogen-bond acceptors (Lipinski definition) is 5. The van der Waals surface area contributed by atoms with E-state index in [1.807, 2.05) is 72.8 Å². The van der Waals surface area contributed by atoms with Crippen LogP contribution in [0.25, 0.3) is 10.8 Å². The van der Waals surface area contributed by atoms with E-state index in [1.54, 1.807) is 19.2 Å². The zero-order valence-electron chi connectivity index (χ0n) is 20.5. The fourth-order valence-electron chi connectivity index (χ4n) is 3.91. The number of methoxy groups -OCH3 is 2. The lowest BCUT2D eigenvalue weighted by Gasteiger charge is -2.20. The monoisotopic (exact) mass is 484 g/mol. The predicted octanol–water partition coefficient (Wildman–Crippen LogP) is 5.15. The van der Waals surface area contributed by atoms with Gasteiger partial charge in [0.05, 0.1) is 20.8 Å². The number of benzene rings is 4. The van der Waals surface area contributed by atoms with E-state index in [4.69, 9.17) is 14.2 Å². The normalized spacial score (nSPS) is 10.5. The molecule has 0 saturated heterocycles.